The Morgan fingerprint density at radius 2 is 2.64 bits per heavy atom. The summed E-state index contributed by atoms with van der Waals surface area (Å²) in [7, 11) is 0. The van der Waals surface area contributed by atoms with E-state index in [9.17, 15) is 0 Å². The van der Waals surface area contributed by atoms with Crippen LogP contribution >= 0.6 is 15.9 Å². The van der Waals surface area contributed by atoms with Crippen molar-refractivity contribution in [2.24, 2.45) is 0 Å². The summed E-state index contributed by atoms with van der Waals surface area (Å²) >= 11 is 2.80. The number of hydrogen-bond acceptors (Lipinski definition) is 3. The molecule has 0 saturated carbocycles. The van der Waals surface area contributed by atoms with Gasteiger partial charge in [-0.2, -0.15) is 0 Å². The summed E-state index contributed by atoms with van der Waals surface area (Å²) in [5, 5.41) is 6.81. The molecular weight excluding hydrogens is 242 g/mol. The van der Waals surface area contributed by atoms with Gasteiger partial charge in [-0.25, -0.2) is 0 Å². The van der Waals surface area contributed by atoms with Crippen molar-refractivity contribution in [3.8, 4) is 0 Å². The number of hydrogen-bond donors (Lipinski definition) is 0. The fraction of sp³-hybridized carbons (Fsp3) is 0.600. The highest BCUT2D eigenvalue weighted by Crippen LogP contribution is 2.22. The average Bonchev–Trinajstić information content (AvgIpc) is 2.52. The Bertz CT molecular complexity index is 807. The molecule has 1 fully saturated rings. The molecule has 0 amide bonds. The number of nitrogens with zero attached hydrogens (tertiary/aromatic N) is 3. The maximum atomic E-state index is 8.40. The van der Waals surface area contributed by atoms with Crippen LogP contribution in [0.4, 0.5) is 5.82 Å². The molecule has 0 aliphatic carbocycles. The number of piperidine rings is 1. The fourth-order valence-electron chi connectivity index (χ4n) is 0.794. The summed E-state index contributed by atoms with van der Waals surface area (Å²) in [4.78, 5) is -0.228. The van der Waals surface area contributed by atoms with Crippen molar-refractivity contribution in [3.05, 3.63) is 16.7 Å². The minimum atomic E-state index is -3.82. The second kappa shape index (κ2) is 4.26. The standard InChI is InChI=1S/C10H14BrN3/c1-8-4-2-3-7-14(8)10-6-5-9(11)12-13-10/h5-6,8H,2-4,7H2,1H3/i1D3,2D2,3D2,4D2,5D,6D,7D2,8D. The van der Waals surface area contributed by atoms with Crippen molar-refractivity contribution in [1.82, 2.24) is 10.2 Å². The summed E-state index contributed by atoms with van der Waals surface area (Å²) in [6.45, 7) is -7.39. The molecule has 0 N–H and O–H groups in total. The molecule has 4 heteroatoms. The van der Waals surface area contributed by atoms with Crippen LogP contribution in [0, 0.1) is 0 Å². The first-order chi connectivity index (χ1) is 12.2. The van der Waals surface area contributed by atoms with Crippen LogP contribution in [0.3, 0.4) is 0 Å². The van der Waals surface area contributed by atoms with Gasteiger partial charge in [-0.05, 0) is 54.0 Å². The van der Waals surface area contributed by atoms with Gasteiger partial charge in [0.2, 0.25) is 0 Å². The molecule has 1 aliphatic heterocycles. The molecule has 2 heterocycles. The Kier molecular flexibility index (Phi) is 0.771. The van der Waals surface area contributed by atoms with Gasteiger partial charge in [0.1, 0.15) is 4.60 Å². The molecule has 1 saturated heterocycles. The van der Waals surface area contributed by atoms with Gasteiger partial charge in [-0.15, -0.1) is 10.2 Å². The normalized spacial score (nSPS) is 57.6. The van der Waals surface area contributed by atoms with Gasteiger partial charge >= 0.3 is 0 Å². The zero-order chi connectivity index (χ0) is 22.3. The van der Waals surface area contributed by atoms with Crippen LogP contribution in [0.15, 0.2) is 16.7 Å². The van der Waals surface area contributed by atoms with Crippen LogP contribution in [0.25, 0.3) is 0 Å². The van der Waals surface area contributed by atoms with E-state index < -0.39 is 56.4 Å². The maximum Gasteiger partial charge on any atom is 0.151 e. The molecule has 1 unspecified atom stereocenters. The predicted octanol–water partition coefficient (Wildman–Crippen LogP) is 2.62. The number of rotatable bonds is 1. The molecule has 0 spiro atoms. The van der Waals surface area contributed by atoms with Crippen LogP contribution in [0.2, 0.25) is 0 Å². The van der Waals surface area contributed by atoms with E-state index in [4.69, 9.17) is 19.2 Å². The largest absolute Gasteiger partial charge is 0.352 e. The zero-order valence-corrected chi connectivity index (χ0v) is 8.31. The molecular formula is C10H14BrN3. The van der Waals surface area contributed by atoms with E-state index >= 15 is 0 Å². The third-order valence-electron chi connectivity index (χ3n) is 1.36. The quantitative estimate of drug-likeness (QED) is 0.785. The van der Waals surface area contributed by atoms with Crippen molar-refractivity contribution < 1.29 is 19.2 Å². The Morgan fingerprint density at radius 1 is 1.71 bits per heavy atom. The van der Waals surface area contributed by atoms with Gasteiger partial charge in [-0.3, -0.25) is 0 Å². The third-order valence-corrected chi connectivity index (χ3v) is 1.71. The van der Waals surface area contributed by atoms with Crippen LogP contribution in [-0.4, -0.2) is 22.7 Å². The van der Waals surface area contributed by atoms with E-state index in [1.807, 2.05) is 0 Å². The summed E-state index contributed by atoms with van der Waals surface area (Å²) in [5.74, 6) is -1.08. The van der Waals surface area contributed by atoms with Gasteiger partial charge in [0, 0.05) is 27.6 Å². The van der Waals surface area contributed by atoms with E-state index in [1.165, 1.54) is 0 Å². The highest BCUT2D eigenvalue weighted by atomic mass is 79.9. The van der Waals surface area contributed by atoms with Crippen LogP contribution < -0.4 is 4.90 Å². The van der Waals surface area contributed by atoms with Crippen molar-refractivity contribution in [2.75, 3.05) is 11.4 Å². The molecule has 2 rings (SSSR count). The first-order valence-corrected chi connectivity index (χ1v) is 4.30. The molecule has 1 aromatic rings. The summed E-state index contributed by atoms with van der Waals surface area (Å²) in [6, 6.07) is -5.40. The van der Waals surface area contributed by atoms with Gasteiger partial charge in [0.05, 0.1) is 4.11 Å². The van der Waals surface area contributed by atoms with Crippen molar-refractivity contribution in [2.45, 2.75) is 32.0 Å². The molecule has 0 radical (unpaired) electrons. The smallest absolute Gasteiger partial charge is 0.151 e. The van der Waals surface area contributed by atoms with Crippen LogP contribution in [-0.2, 0) is 0 Å². The lowest BCUT2D eigenvalue weighted by atomic mass is 10.0. The van der Waals surface area contributed by atoms with E-state index in [-0.39, 0.29) is 9.50 Å². The molecule has 76 valence electrons. The molecule has 1 atom stereocenters. The summed E-state index contributed by atoms with van der Waals surface area (Å²) < 4.78 is 111. The van der Waals surface area contributed by atoms with Crippen molar-refractivity contribution in [1.29, 1.82) is 0 Å². The van der Waals surface area contributed by atoms with E-state index in [0.717, 1.165) is 0 Å². The van der Waals surface area contributed by atoms with Crippen molar-refractivity contribution >= 4 is 21.7 Å². The molecule has 14 heavy (non-hydrogen) atoms. The highest BCUT2D eigenvalue weighted by Gasteiger charge is 2.19. The average molecular weight is 270 g/mol. The minimum absolute atomic E-state index is 0.228. The van der Waals surface area contributed by atoms with Gasteiger partial charge in [-0.1, -0.05) is 0 Å². The predicted molar refractivity (Wildman–Crippen MR) is 60.4 cm³/mol. The number of anilines is 1. The van der Waals surface area contributed by atoms with E-state index in [2.05, 4.69) is 26.1 Å². The Hall–Kier alpha value is -0.640. The monoisotopic (exact) mass is 269 g/mol. The Labute approximate surface area is 112 Å². The first kappa shape index (κ1) is 2.54. The Balaban J connectivity index is 3.05. The second-order valence-corrected chi connectivity index (χ2v) is 2.99. The van der Waals surface area contributed by atoms with E-state index in [1.54, 1.807) is 0 Å². The fourth-order valence-corrected chi connectivity index (χ4v) is 0.973. The van der Waals surface area contributed by atoms with Gasteiger partial charge in [0.15, 0.2) is 5.82 Å². The topological polar surface area (TPSA) is 29.0 Å². The van der Waals surface area contributed by atoms with E-state index in [0.29, 0.717) is 0 Å². The first-order valence-electron chi connectivity index (χ1n) is 10.5. The SMILES string of the molecule is [2H]c1c(Br)nnc(N2C([2H])([2H])C([2H])([2H])C([2H])([2H])C([2H])([2H])C2([2H])C([2H])([2H])[2H])c1[2H]. The lowest BCUT2D eigenvalue weighted by molar-refractivity contribution is 0.479. The summed E-state index contributed by atoms with van der Waals surface area (Å²) in [6.07, 6.45) is -11.3. The molecule has 3 nitrogen and oxygen atoms in total. The maximum absolute atomic E-state index is 8.40. The van der Waals surface area contributed by atoms with Crippen molar-refractivity contribution in [3.63, 3.8) is 0 Å². The summed E-state index contributed by atoms with van der Waals surface area (Å²) in [5.41, 5.74) is 0. The minimum Gasteiger partial charge on any atom is -0.352 e. The number of halogens is 1. The molecule has 1 aliphatic rings. The van der Waals surface area contributed by atoms with Crippen LogP contribution in [0.1, 0.15) is 45.2 Å². The lowest BCUT2D eigenvalue weighted by Crippen LogP contribution is -2.38. The molecule has 1 aromatic heterocycles. The third kappa shape index (κ3) is 2.05. The van der Waals surface area contributed by atoms with Gasteiger partial charge in [0.25, 0.3) is 0 Å². The number of aromatic nitrogens is 2. The van der Waals surface area contributed by atoms with Gasteiger partial charge < -0.3 is 4.90 Å². The zero-order valence-electron chi connectivity index (χ0n) is 20.7. The molecule has 0 aromatic carbocycles. The highest BCUT2D eigenvalue weighted by molar-refractivity contribution is 9.10. The lowest BCUT2D eigenvalue weighted by Gasteiger charge is -2.33. The second-order valence-electron chi connectivity index (χ2n) is 2.24. The Morgan fingerprint density at radius 3 is 3.50 bits per heavy atom. The van der Waals surface area contributed by atoms with Crippen LogP contribution in [0.5, 0.6) is 0 Å². The molecule has 0 bridgehead atoms.